The van der Waals surface area contributed by atoms with E-state index in [2.05, 4.69) is 10.1 Å². The molecule has 0 aliphatic carbocycles. The van der Waals surface area contributed by atoms with Crippen LogP contribution in [0.4, 0.5) is 0 Å². The predicted octanol–water partition coefficient (Wildman–Crippen LogP) is 0.866. The lowest BCUT2D eigenvalue weighted by Gasteiger charge is -2.30. The Hall–Kier alpha value is -0.980. The van der Waals surface area contributed by atoms with E-state index in [1.807, 2.05) is 6.92 Å². The maximum atomic E-state index is 9.37. The lowest BCUT2D eigenvalue weighted by molar-refractivity contribution is -0.0770. The average Bonchev–Trinajstić information content (AvgIpc) is 2.78. The van der Waals surface area contributed by atoms with Gasteiger partial charge in [-0.15, -0.1) is 0 Å². The summed E-state index contributed by atoms with van der Waals surface area (Å²) in [5.74, 6) is 0.772. The molecule has 0 bridgehead atoms. The number of nitrogens with zero attached hydrogens (tertiary/aromatic N) is 2. The van der Waals surface area contributed by atoms with E-state index in [0.29, 0.717) is 12.4 Å². The van der Waals surface area contributed by atoms with Gasteiger partial charge in [0.05, 0.1) is 6.10 Å². The van der Waals surface area contributed by atoms with E-state index in [1.54, 1.807) is 6.92 Å². The van der Waals surface area contributed by atoms with Crippen molar-refractivity contribution in [3.8, 4) is 0 Å². The highest BCUT2D eigenvalue weighted by atomic mass is 16.5. The summed E-state index contributed by atoms with van der Waals surface area (Å²) in [7, 11) is 0. The first-order valence-corrected chi connectivity index (χ1v) is 5.94. The van der Waals surface area contributed by atoms with Gasteiger partial charge >= 0.3 is 0 Å². The predicted molar refractivity (Wildman–Crippen MR) is 60.1 cm³/mol. The molecule has 1 aliphatic rings. The molecule has 3 N–H and O–H groups in total. The second-order valence-corrected chi connectivity index (χ2v) is 4.76. The van der Waals surface area contributed by atoms with Crippen LogP contribution in [0.5, 0.6) is 0 Å². The summed E-state index contributed by atoms with van der Waals surface area (Å²) in [4.78, 5) is 4.24. The third kappa shape index (κ3) is 2.48. The number of aliphatic hydroxyl groups is 1. The molecule has 0 aromatic carbocycles. The summed E-state index contributed by atoms with van der Waals surface area (Å²) >= 11 is 0. The highest BCUT2D eigenvalue weighted by molar-refractivity contribution is 5.03. The summed E-state index contributed by atoms with van der Waals surface area (Å²) in [6, 6.07) is -0.650. The van der Waals surface area contributed by atoms with Crippen LogP contribution in [0.25, 0.3) is 0 Å². The molecule has 2 heterocycles. The van der Waals surface area contributed by atoms with Gasteiger partial charge in [-0.3, -0.25) is 0 Å². The maximum absolute atomic E-state index is 9.37. The van der Waals surface area contributed by atoms with Crippen LogP contribution in [0.3, 0.4) is 0 Å². The number of hydrogen-bond acceptors (Lipinski definition) is 6. The fraction of sp³-hybridized carbons (Fsp3) is 0.818. The van der Waals surface area contributed by atoms with E-state index in [1.165, 1.54) is 0 Å². The van der Waals surface area contributed by atoms with Crippen LogP contribution in [0.1, 0.15) is 50.9 Å². The molecule has 0 amide bonds. The van der Waals surface area contributed by atoms with Crippen molar-refractivity contribution < 1.29 is 14.4 Å². The van der Waals surface area contributed by atoms with Gasteiger partial charge in [0.1, 0.15) is 11.6 Å². The third-order valence-electron chi connectivity index (χ3n) is 3.19. The third-order valence-corrected chi connectivity index (χ3v) is 3.19. The van der Waals surface area contributed by atoms with Gasteiger partial charge in [0, 0.05) is 6.61 Å². The molecule has 1 aromatic heterocycles. The topological polar surface area (TPSA) is 94.4 Å². The number of hydrogen-bond donors (Lipinski definition) is 2. The molecule has 1 aliphatic heterocycles. The molecule has 0 saturated carbocycles. The fourth-order valence-electron chi connectivity index (χ4n) is 1.90. The minimum absolute atomic E-state index is 0.255. The monoisotopic (exact) mass is 241 g/mol. The first-order chi connectivity index (χ1) is 8.03. The van der Waals surface area contributed by atoms with E-state index < -0.39 is 17.7 Å². The quantitative estimate of drug-likeness (QED) is 0.815. The second-order valence-electron chi connectivity index (χ2n) is 4.76. The first kappa shape index (κ1) is 12.5. The van der Waals surface area contributed by atoms with Gasteiger partial charge in [0.15, 0.2) is 0 Å². The molecular weight excluding hydrogens is 222 g/mol. The zero-order valence-corrected chi connectivity index (χ0v) is 10.2. The molecule has 0 spiro atoms. The first-order valence-electron chi connectivity index (χ1n) is 5.94. The van der Waals surface area contributed by atoms with Gasteiger partial charge in [-0.1, -0.05) is 5.16 Å². The molecule has 96 valence electrons. The Kier molecular flexibility index (Phi) is 3.46. The Morgan fingerprint density at radius 1 is 1.47 bits per heavy atom. The largest absolute Gasteiger partial charge is 0.391 e. The molecule has 2 rings (SSSR count). The maximum Gasteiger partial charge on any atom is 0.246 e. The van der Waals surface area contributed by atoms with Crippen molar-refractivity contribution in [3.63, 3.8) is 0 Å². The zero-order chi connectivity index (χ0) is 12.5. The minimum atomic E-state index is -0.719. The van der Waals surface area contributed by atoms with E-state index in [9.17, 15) is 5.11 Å². The highest BCUT2D eigenvalue weighted by Crippen LogP contribution is 2.33. The molecule has 3 unspecified atom stereocenters. The number of aromatic nitrogens is 2. The number of ether oxygens (including phenoxy) is 1. The van der Waals surface area contributed by atoms with Crippen molar-refractivity contribution in [3.05, 3.63) is 11.7 Å². The van der Waals surface area contributed by atoms with Crippen LogP contribution in [0.15, 0.2) is 4.52 Å². The van der Waals surface area contributed by atoms with Gasteiger partial charge in [-0.2, -0.15) is 4.98 Å². The molecule has 1 fully saturated rings. The van der Waals surface area contributed by atoms with Gasteiger partial charge in [0.2, 0.25) is 11.7 Å². The molecule has 3 atom stereocenters. The Labute approximate surface area is 100 Å². The van der Waals surface area contributed by atoms with Crippen LogP contribution in [0, 0.1) is 0 Å². The summed E-state index contributed by atoms with van der Waals surface area (Å²) in [5.41, 5.74) is 5.25. The van der Waals surface area contributed by atoms with Crippen LogP contribution < -0.4 is 5.73 Å². The number of nitrogens with two attached hydrogens (primary N) is 1. The van der Waals surface area contributed by atoms with Crippen molar-refractivity contribution >= 4 is 0 Å². The van der Waals surface area contributed by atoms with Crippen molar-refractivity contribution in [1.82, 2.24) is 10.1 Å². The van der Waals surface area contributed by atoms with Gasteiger partial charge in [-0.05, 0) is 33.1 Å². The van der Waals surface area contributed by atoms with Gasteiger partial charge in [-0.25, -0.2) is 0 Å². The minimum Gasteiger partial charge on any atom is -0.391 e. The Morgan fingerprint density at radius 3 is 2.82 bits per heavy atom. The lowest BCUT2D eigenvalue weighted by Crippen LogP contribution is -2.31. The fourth-order valence-corrected chi connectivity index (χ4v) is 1.90. The van der Waals surface area contributed by atoms with Crippen molar-refractivity contribution in [2.75, 3.05) is 6.61 Å². The Balaban J connectivity index is 2.17. The molecule has 17 heavy (non-hydrogen) atoms. The summed E-state index contributed by atoms with van der Waals surface area (Å²) in [6.07, 6.45) is 2.30. The van der Waals surface area contributed by atoms with Crippen LogP contribution >= 0.6 is 0 Å². The van der Waals surface area contributed by atoms with Crippen LogP contribution in [-0.4, -0.2) is 28.0 Å². The van der Waals surface area contributed by atoms with Crippen molar-refractivity contribution in [2.24, 2.45) is 5.73 Å². The summed E-state index contributed by atoms with van der Waals surface area (Å²) in [6.45, 7) is 4.25. The SMILES string of the molecule is CC(O)C(N)c1nc(C2(C)CCCCO2)no1. The van der Waals surface area contributed by atoms with E-state index in [0.717, 1.165) is 19.3 Å². The molecule has 0 radical (unpaired) electrons. The second kappa shape index (κ2) is 4.72. The van der Waals surface area contributed by atoms with Crippen molar-refractivity contribution in [1.29, 1.82) is 0 Å². The van der Waals surface area contributed by atoms with Gasteiger partial charge < -0.3 is 20.1 Å². The average molecular weight is 241 g/mol. The van der Waals surface area contributed by atoms with Crippen molar-refractivity contribution in [2.45, 2.75) is 50.9 Å². The molecule has 6 nitrogen and oxygen atoms in total. The van der Waals surface area contributed by atoms with Gasteiger partial charge in [0.25, 0.3) is 0 Å². The highest BCUT2D eigenvalue weighted by Gasteiger charge is 2.35. The van der Waals surface area contributed by atoms with E-state index in [-0.39, 0.29) is 5.89 Å². The molecule has 6 heteroatoms. The Bertz CT molecular complexity index is 372. The summed E-state index contributed by atoms with van der Waals surface area (Å²) < 4.78 is 10.8. The number of rotatable bonds is 3. The van der Waals surface area contributed by atoms with Crippen LogP contribution in [0.2, 0.25) is 0 Å². The normalized spacial score (nSPS) is 28.9. The van der Waals surface area contributed by atoms with E-state index >= 15 is 0 Å². The lowest BCUT2D eigenvalue weighted by atomic mass is 9.95. The zero-order valence-electron chi connectivity index (χ0n) is 10.2. The molecule has 1 saturated heterocycles. The molecular formula is C11H19N3O3. The summed E-state index contributed by atoms with van der Waals surface area (Å²) in [5, 5.41) is 13.3. The smallest absolute Gasteiger partial charge is 0.246 e. The van der Waals surface area contributed by atoms with Crippen LogP contribution in [-0.2, 0) is 10.3 Å². The van der Waals surface area contributed by atoms with E-state index in [4.69, 9.17) is 15.0 Å². The number of aliphatic hydroxyl groups excluding tert-OH is 1. The standard InChI is InChI=1S/C11H19N3O3/c1-7(15)8(12)9-13-10(14-17-9)11(2)5-3-4-6-16-11/h7-8,15H,3-6,12H2,1-2H3. The Morgan fingerprint density at radius 2 is 2.24 bits per heavy atom. The molecule has 1 aromatic rings.